The summed E-state index contributed by atoms with van der Waals surface area (Å²) in [5.41, 5.74) is 1.40. The van der Waals surface area contributed by atoms with Crippen LogP contribution < -0.4 is 0 Å². The highest BCUT2D eigenvalue weighted by Crippen LogP contribution is 2.18. The minimum absolute atomic E-state index is 0.0179. The van der Waals surface area contributed by atoms with Gasteiger partial charge in [0.15, 0.2) is 0 Å². The molecule has 1 aromatic carbocycles. The summed E-state index contributed by atoms with van der Waals surface area (Å²) in [6, 6.07) is 5.62. The molecule has 1 heterocycles. The van der Waals surface area contributed by atoms with Crippen LogP contribution >= 0.6 is 22.9 Å². The largest absolute Gasteiger partial charge is 0.345 e. The summed E-state index contributed by atoms with van der Waals surface area (Å²) in [6.07, 6.45) is 1.89. The third-order valence-electron chi connectivity index (χ3n) is 2.14. The van der Waals surface area contributed by atoms with Gasteiger partial charge in [0.25, 0.3) is 5.91 Å². The molecule has 0 atom stereocenters. The van der Waals surface area contributed by atoms with Gasteiger partial charge in [-0.05, 0) is 6.07 Å². The topological polar surface area (TPSA) is 38.1 Å². The van der Waals surface area contributed by atoms with Crippen molar-refractivity contribution in [3.8, 4) is 0 Å². The van der Waals surface area contributed by atoms with Crippen molar-refractivity contribution >= 4 is 39.7 Å². The lowest BCUT2D eigenvalue weighted by atomic mass is 10.1. The van der Waals surface area contributed by atoms with Gasteiger partial charge in [0, 0.05) is 25.7 Å². The first kappa shape index (κ1) is 10.4. The highest BCUT2D eigenvalue weighted by Gasteiger charge is 2.13. The van der Waals surface area contributed by atoms with Gasteiger partial charge >= 0.3 is 0 Å². The molecule has 0 spiro atoms. The van der Waals surface area contributed by atoms with Crippen LogP contribution in [0.15, 0.2) is 24.4 Å². The molecule has 2 aromatic rings. The van der Waals surface area contributed by atoms with Crippen molar-refractivity contribution in [3.05, 3.63) is 30.0 Å². The lowest BCUT2D eigenvalue weighted by Gasteiger charge is -2.09. The quantitative estimate of drug-likeness (QED) is 0.754. The van der Waals surface area contributed by atoms with Crippen LogP contribution in [0.25, 0.3) is 10.9 Å². The third kappa shape index (κ3) is 1.83. The van der Waals surface area contributed by atoms with Crippen LogP contribution in [0.3, 0.4) is 0 Å². The van der Waals surface area contributed by atoms with Crippen LogP contribution in [0.4, 0.5) is 0 Å². The molecular formula is C10H10IN3O. The zero-order valence-electron chi connectivity index (χ0n) is 8.44. The van der Waals surface area contributed by atoms with Crippen molar-refractivity contribution in [1.29, 1.82) is 0 Å². The van der Waals surface area contributed by atoms with Gasteiger partial charge in [0.2, 0.25) is 0 Å². The summed E-state index contributed by atoms with van der Waals surface area (Å²) in [5, 5.41) is 5.26. The standard InChI is InChI=1S/C10H10IN3O/c1-13(2)10(15)8-5-3-4-7-6-14(11)12-9(7)8/h3-6H,1-2H3. The molecule has 4 nitrogen and oxygen atoms in total. The summed E-state index contributed by atoms with van der Waals surface area (Å²) < 4.78 is 1.69. The van der Waals surface area contributed by atoms with Crippen molar-refractivity contribution < 1.29 is 4.79 Å². The van der Waals surface area contributed by atoms with Gasteiger partial charge in [-0.1, -0.05) is 12.1 Å². The predicted octanol–water partition coefficient (Wildman–Crippen LogP) is 1.94. The van der Waals surface area contributed by atoms with Crippen LogP contribution in [-0.4, -0.2) is 32.9 Å². The lowest BCUT2D eigenvalue weighted by Crippen LogP contribution is -2.21. The van der Waals surface area contributed by atoms with E-state index in [2.05, 4.69) is 28.0 Å². The third-order valence-corrected chi connectivity index (χ3v) is 2.64. The molecule has 1 amide bonds. The second-order valence-corrected chi connectivity index (χ2v) is 4.45. The number of carbonyl (C=O) groups is 1. The van der Waals surface area contributed by atoms with E-state index in [1.165, 1.54) is 0 Å². The maximum Gasteiger partial charge on any atom is 0.255 e. The van der Waals surface area contributed by atoms with E-state index in [4.69, 9.17) is 0 Å². The van der Waals surface area contributed by atoms with E-state index in [1.807, 2.05) is 18.3 Å². The van der Waals surface area contributed by atoms with Crippen molar-refractivity contribution in [1.82, 2.24) is 12.9 Å². The van der Waals surface area contributed by atoms with E-state index in [9.17, 15) is 4.79 Å². The molecular weight excluding hydrogens is 305 g/mol. The molecule has 1 aromatic heterocycles. The molecule has 5 heteroatoms. The Labute approximate surface area is 101 Å². The first-order chi connectivity index (χ1) is 7.09. The molecule has 0 N–H and O–H groups in total. The summed E-state index contributed by atoms with van der Waals surface area (Å²) in [5.74, 6) is -0.0179. The Balaban J connectivity index is 2.65. The minimum Gasteiger partial charge on any atom is -0.345 e. The fourth-order valence-corrected chi connectivity index (χ4v) is 1.95. The molecule has 0 saturated heterocycles. The summed E-state index contributed by atoms with van der Waals surface area (Å²) in [7, 11) is 3.48. The van der Waals surface area contributed by atoms with Crippen LogP contribution in [0.1, 0.15) is 10.4 Å². The molecule has 0 fully saturated rings. The van der Waals surface area contributed by atoms with Crippen LogP contribution in [-0.2, 0) is 0 Å². The molecule has 0 aliphatic heterocycles. The zero-order valence-corrected chi connectivity index (χ0v) is 10.6. The minimum atomic E-state index is -0.0179. The van der Waals surface area contributed by atoms with E-state index in [0.717, 1.165) is 10.9 Å². The molecule has 0 aliphatic rings. The van der Waals surface area contributed by atoms with Crippen LogP contribution in [0, 0.1) is 0 Å². The van der Waals surface area contributed by atoms with E-state index in [-0.39, 0.29) is 5.91 Å². The Hall–Kier alpha value is -1.11. The molecule has 0 bridgehead atoms. The number of hydrogen-bond acceptors (Lipinski definition) is 2. The molecule has 15 heavy (non-hydrogen) atoms. The average molecular weight is 315 g/mol. The Morgan fingerprint density at radius 2 is 2.20 bits per heavy atom. The maximum atomic E-state index is 11.8. The molecule has 0 saturated carbocycles. The molecule has 78 valence electrons. The van der Waals surface area contributed by atoms with Gasteiger partial charge in [-0.25, -0.2) is 2.90 Å². The SMILES string of the molecule is CN(C)C(=O)c1cccc2cn(I)nc12. The van der Waals surface area contributed by atoms with Crippen molar-refractivity contribution in [2.45, 2.75) is 0 Å². The van der Waals surface area contributed by atoms with Gasteiger partial charge in [-0.2, -0.15) is 5.10 Å². The first-order valence-corrected chi connectivity index (χ1v) is 5.42. The van der Waals surface area contributed by atoms with Gasteiger partial charge in [0.1, 0.15) is 5.52 Å². The highest BCUT2D eigenvalue weighted by atomic mass is 127. The highest BCUT2D eigenvalue weighted by molar-refractivity contribution is 14.1. The van der Waals surface area contributed by atoms with Gasteiger partial charge in [0.05, 0.1) is 28.4 Å². The number of amides is 1. The maximum absolute atomic E-state index is 11.8. The number of hydrogen-bond donors (Lipinski definition) is 0. The van der Waals surface area contributed by atoms with Crippen molar-refractivity contribution in [2.24, 2.45) is 0 Å². The zero-order chi connectivity index (χ0) is 11.0. The number of aromatic nitrogens is 2. The summed E-state index contributed by atoms with van der Waals surface area (Å²) in [4.78, 5) is 13.4. The summed E-state index contributed by atoms with van der Waals surface area (Å²) >= 11 is 2.07. The number of benzene rings is 1. The second-order valence-electron chi connectivity index (χ2n) is 3.46. The second kappa shape index (κ2) is 3.80. The van der Waals surface area contributed by atoms with E-state index in [1.54, 1.807) is 28.0 Å². The molecule has 0 radical (unpaired) electrons. The Kier molecular flexibility index (Phi) is 2.64. The predicted molar refractivity (Wildman–Crippen MR) is 67.2 cm³/mol. The fourth-order valence-electron chi connectivity index (χ4n) is 1.43. The fraction of sp³-hybridized carbons (Fsp3) is 0.200. The molecule has 0 aliphatic carbocycles. The first-order valence-electron chi connectivity index (χ1n) is 4.46. The smallest absolute Gasteiger partial charge is 0.255 e. The van der Waals surface area contributed by atoms with Gasteiger partial charge in [-0.15, -0.1) is 0 Å². The molecule has 0 unspecified atom stereocenters. The average Bonchev–Trinajstić information content (AvgIpc) is 2.56. The van der Waals surface area contributed by atoms with Crippen LogP contribution in [0.5, 0.6) is 0 Å². The monoisotopic (exact) mass is 315 g/mol. The van der Waals surface area contributed by atoms with Gasteiger partial charge in [-0.3, -0.25) is 4.79 Å². The van der Waals surface area contributed by atoms with Gasteiger partial charge < -0.3 is 4.90 Å². The summed E-state index contributed by atoms with van der Waals surface area (Å²) in [6.45, 7) is 0. The lowest BCUT2D eigenvalue weighted by molar-refractivity contribution is 0.0829. The number of fused-ring (bicyclic) bond motifs is 1. The van der Waals surface area contributed by atoms with Crippen LogP contribution in [0.2, 0.25) is 0 Å². The van der Waals surface area contributed by atoms with E-state index < -0.39 is 0 Å². The molecule has 2 rings (SSSR count). The Morgan fingerprint density at radius 3 is 2.87 bits per heavy atom. The number of halogens is 1. The Morgan fingerprint density at radius 1 is 1.47 bits per heavy atom. The Bertz CT molecular complexity index is 518. The number of rotatable bonds is 1. The number of carbonyl (C=O) groups excluding carboxylic acids is 1. The van der Waals surface area contributed by atoms with E-state index in [0.29, 0.717) is 5.56 Å². The van der Waals surface area contributed by atoms with Crippen molar-refractivity contribution in [3.63, 3.8) is 0 Å². The normalized spacial score (nSPS) is 10.6. The van der Waals surface area contributed by atoms with Crippen molar-refractivity contribution in [2.75, 3.05) is 14.1 Å². The van der Waals surface area contributed by atoms with E-state index >= 15 is 0 Å². The number of nitrogens with zero attached hydrogens (tertiary/aromatic N) is 3.